The quantitative estimate of drug-likeness (QED) is 0.553. The van der Waals surface area contributed by atoms with Gasteiger partial charge in [-0.05, 0) is 69.6 Å². The van der Waals surface area contributed by atoms with E-state index in [4.69, 9.17) is 10.2 Å². The highest BCUT2D eigenvalue weighted by molar-refractivity contribution is 4.81. The minimum absolute atomic E-state index is 0.122. The molecule has 2 aliphatic carbocycles. The Morgan fingerprint density at radius 3 is 1.32 bits per heavy atom. The fourth-order valence-electron chi connectivity index (χ4n) is 3.93. The Bertz CT molecular complexity index is 210. The van der Waals surface area contributed by atoms with E-state index in [-0.39, 0.29) is 13.5 Å². The van der Waals surface area contributed by atoms with Crippen molar-refractivity contribution in [3.8, 4) is 0 Å². The average Bonchev–Trinajstić information content (AvgIpc) is 2.44. The van der Waals surface area contributed by atoms with E-state index in [0.717, 1.165) is 11.8 Å². The van der Waals surface area contributed by atoms with E-state index in [0.29, 0.717) is 12.1 Å². The van der Waals surface area contributed by atoms with Crippen molar-refractivity contribution >= 4 is 0 Å². The summed E-state index contributed by atoms with van der Waals surface area (Å²) in [5, 5.41) is 24.1. The van der Waals surface area contributed by atoms with Gasteiger partial charge in [-0.1, -0.05) is 0 Å². The van der Waals surface area contributed by atoms with Crippen molar-refractivity contribution in [3.05, 3.63) is 0 Å². The highest BCUT2D eigenvalue weighted by Crippen LogP contribution is 2.35. The lowest BCUT2D eigenvalue weighted by molar-refractivity contribution is 0.170. The van der Waals surface area contributed by atoms with Gasteiger partial charge in [0.15, 0.2) is 0 Å². The van der Waals surface area contributed by atoms with Gasteiger partial charge in [0.25, 0.3) is 0 Å². The number of rotatable bonds is 6. The van der Waals surface area contributed by atoms with Crippen LogP contribution in [0.5, 0.6) is 0 Å². The molecule has 0 aliphatic heterocycles. The van der Waals surface area contributed by atoms with E-state index in [9.17, 15) is 0 Å². The predicted molar refractivity (Wildman–Crippen MR) is 76.6 cm³/mol. The number of nitrogens with one attached hydrogen (secondary N) is 2. The number of hydrogen-bond acceptors (Lipinski definition) is 4. The Labute approximate surface area is 117 Å². The first-order valence-corrected chi connectivity index (χ1v) is 8.00. The van der Waals surface area contributed by atoms with Crippen LogP contribution in [0.4, 0.5) is 0 Å². The molecule has 112 valence electrons. The number of hydrogen-bond donors (Lipinski definition) is 4. The standard InChI is InChI=1S/C15H30N2O2/c18-10-16-14-5-1-12(2-6-14)9-13-3-7-15(8-4-13)17-11-19/h12-19H,1-11H2. The van der Waals surface area contributed by atoms with Crippen molar-refractivity contribution in [1.29, 1.82) is 0 Å². The Morgan fingerprint density at radius 1 is 0.632 bits per heavy atom. The third-order valence-corrected chi connectivity index (χ3v) is 5.12. The molecule has 0 radical (unpaired) electrons. The van der Waals surface area contributed by atoms with Crippen LogP contribution in [0.1, 0.15) is 57.8 Å². The second-order valence-electron chi connectivity index (χ2n) is 6.40. The van der Waals surface area contributed by atoms with Crippen molar-refractivity contribution in [2.75, 3.05) is 13.5 Å². The lowest BCUT2D eigenvalue weighted by Crippen LogP contribution is -2.35. The summed E-state index contributed by atoms with van der Waals surface area (Å²) in [7, 11) is 0. The smallest absolute Gasteiger partial charge is 0.0933 e. The molecule has 2 saturated carbocycles. The summed E-state index contributed by atoms with van der Waals surface area (Å²) < 4.78 is 0. The molecule has 0 aromatic rings. The molecule has 0 aromatic heterocycles. The van der Waals surface area contributed by atoms with Gasteiger partial charge in [0, 0.05) is 12.1 Å². The second-order valence-corrected chi connectivity index (χ2v) is 6.40. The van der Waals surface area contributed by atoms with Gasteiger partial charge in [0.2, 0.25) is 0 Å². The Balaban J connectivity index is 1.61. The van der Waals surface area contributed by atoms with Crippen molar-refractivity contribution < 1.29 is 10.2 Å². The SMILES string of the molecule is OCNC1CCC(CC2CCC(NCO)CC2)CC1. The summed E-state index contributed by atoms with van der Waals surface area (Å²) in [6, 6.07) is 1.09. The zero-order valence-corrected chi connectivity index (χ0v) is 12.0. The Hall–Kier alpha value is -0.160. The third-order valence-electron chi connectivity index (χ3n) is 5.12. The van der Waals surface area contributed by atoms with E-state index < -0.39 is 0 Å². The summed E-state index contributed by atoms with van der Waals surface area (Å²) >= 11 is 0. The molecule has 2 aliphatic rings. The number of aliphatic hydroxyl groups excluding tert-OH is 2. The molecule has 2 rings (SSSR count). The minimum atomic E-state index is 0.122. The molecular weight excluding hydrogens is 240 g/mol. The maximum atomic E-state index is 8.88. The monoisotopic (exact) mass is 270 g/mol. The van der Waals surface area contributed by atoms with Gasteiger partial charge in [-0.3, -0.25) is 10.6 Å². The summed E-state index contributed by atoms with van der Waals surface area (Å²) in [4.78, 5) is 0. The highest BCUT2D eigenvalue weighted by Gasteiger charge is 2.26. The van der Waals surface area contributed by atoms with Gasteiger partial charge < -0.3 is 10.2 Å². The van der Waals surface area contributed by atoms with Gasteiger partial charge in [-0.2, -0.15) is 0 Å². The van der Waals surface area contributed by atoms with Crippen LogP contribution in [-0.4, -0.2) is 35.8 Å². The van der Waals surface area contributed by atoms with Crippen LogP contribution in [0.3, 0.4) is 0 Å². The maximum absolute atomic E-state index is 8.88. The van der Waals surface area contributed by atoms with Crippen molar-refractivity contribution in [3.63, 3.8) is 0 Å². The Kier molecular flexibility index (Phi) is 6.57. The van der Waals surface area contributed by atoms with Crippen LogP contribution >= 0.6 is 0 Å². The van der Waals surface area contributed by atoms with Crippen LogP contribution in [0.2, 0.25) is 0 Å². The van der Waals surface area contributed by atoms with Crippen LogP contribution < -0.4 is 10.6 Å². The zero-order valence-electron chi connectivity index (χ0n) is 12.0. The van der Waals surface area contributed by atoms with Crippen molar-refractivity contribution in [1.82, 2.24) is 10.6 Å². The van der Waals surface area contributed by atoms with Gasteiger partial charge >= 0.3 is 0 Å². The first-order chi connectivity index (χ1) is 9.31. The molecule has 2 fully saturated rings. The molecule has 0 bridgehead atoms. The van der Waals surface area contributed by atoms with Gasteiger partial charge in [-0.15, -0.1) is 0 Å². The average molecular weight is 270 g/mol. The van der Waals surface area contributed by atoms with Crippen LogP contribution in [0, 0.1) is 11.8 Å². The first-order valence-electron chi connectivity index (χ1n) is 8.00. The summed E-state index contributed by atoms with van der Waals surface area (Å²) in [6.07, 6.45) is 11.6. The summed E-state index contributed by atoms with van der Waals surface area (Å²) in [5.41, 5.74) is 0. The van der Waals surface area contributed by atoms with Crippen molar-refractivity contribution in [2.24, 2.45) is 11.8 Å². The Morgan fingerprint density at radius 2 is 1.00 bits per heavy atom. The molecule has 0 spiro atoms. The molecule has 0 saturated heterocycles. The highest BCUT2D eigenvalue weighted by atomic mass is 16.3. The zero-order chi connectivity index (χ0) is 13.5. The minimum Gasteiger partial charge on any atom is -0.381 e. The first kappa shape index (κ1) is 15.2. The molecule has 19 heavy (non-hydrogen) atoms. The molecule has 0 unspecified atom stereocenters. The van der Waals surface area contributed by atoms with E-state index in [2.05, 4.69) is 10.6 Å². The summed E-state index contributed by atoms with van der Waals surface area (Å²) in [6.45, 7) is 0.244. The fraction of sp³-hybridized carbons (Fsp3) is 1.00. The van der Waals surface area contributed by atoms with E-state index in [1.807, 2.05) is 0 Å². The molecule has 4 heteroatoms. The normalized spacial score (nSPS) is 36.3. The van der Waals surface area contributed by atoms with Gasteiger partial charge in [0.1, 0.15) is 0 Å². The second kappa shape index (κ2) is 8.20. The molecule has 4 N–H and O–H groups in total. The molecule has 0 amide bonds. The van der Waals surface area contributed by atoms with Crippen LogP contribution in [0.25, 0.3) is 0 Å². The number of aliphatic hydroxyl groups is 2. The van der Waals surface area contributed by atoms with E-state index in [1.54, 1.807) is 0 Å². The van der Waals surface area contributed by atoms with Gasteiger partial charge in [-0.25, -0.2) is 0 Å². The van der Waals surface area contributed by atoms with E-state index >= 15 is 0 Å². The molecule has 0 heterocycles. The molecule has 0 aromatic carbocycles. The van der Waals surface area contributed by atoms with Crippen LogP contribution in [-0.2, 0) is 0 Å². The molecule has 0 atom stereocenters. The topological polar surface area (TPSA) is 64.5 Å². The van der Waals surface area contributed by atoms with Gasteiger partial charge in [0.05, 0.1) is 13.5 Å². The third kappa shape index (κ3) is 5.03. The lowest BCUT2D eigenvalue weighted by Gasteiger charge is -2.34. The summed E-state index contributed by atoms with van der Waals surface area (Å²) in [5.74, 6) is 1.81. The molecule has 4 nitrogen and oxygen atoms in total. The lowest BCUT2D eigenvalue weighted by atomic mass is 9.76. The largest absolute Gasteiger partial charge is 0.381 e. The van der Waals surface area contributed by atoms with Crippen LogP contribution in [0.15, 0.2) is 0 Å². The fourth-order valence-corrected chi connectivity index (χ4v) is 3.93. The van der Waals surface area contributed by atoms with E-state index in [1.165, 1.54) is 57.8 Å². The predicted octanol–water partition coefficient (Wildman–Crippen LogP) is 1.57. The van der Waals surface area contributed by atoms with Crippen molar-refractivity contribution in [2.45, 2.75) is 69.9 Å². The molecular formula is C15H30N2O2. The maximum Gasteiger partial charge on any atom is 0.0933 e.